The average Bonchev–Trinajstić information content (AvgIpc) is 2.68. The minimum Gasteiger partial charge on any atom is -0.494 e. The molecule has 0 heterocycles. The number of halogens is 1. The van der Waals surface area contributed by atoms with Gasteiger partial charge < -0.3 is 14.8 Å². The lowest BCUT2D eigenvalue weighted by Crippen LogP contribution is -2.30. The number of anilines is 1. The Morgan fingerprint density at radius 1 is 1.11 bits per heavy atom. The quantitative estimate of drug-likeness (QED) is 0.430. The third kappa shape index (κ3) is 4.40. The molecule has 0 aliphatic heterocycles. The maximum Gasteiger partial charge on any atom is 0.273 e. The number of nitro benzene ring substituents is 1. The largest absolute Gasteiger partial charge is 0.494 e. The first kappa shape index (κ1) is 19.6. The SMILES string of the molecule is COc1cc([N+](=O)[O-])ccc1NC(=O)C(C)Oc1ccc2cc(Br)ccc2c1. The van der Waals surface area contributed by atoms with E-state index in [1.807, 2.05) is 30.3 Å². The molecule has 0 aliphatic rings. The second kappa shape index (κ2) is 8.26. The molecule has 0 fully saturated rings. The number of non-ortho nitro benzene ring substituents is 1. The molecule has 28 heavy (non-hydrogen) atoms. The summed E-state index contributed by atoms with van der Waals surface area (Å²) in [5.74, 6) is 0.363. The number of rotatable bonds is 6. The van der Waals surface area contributed by atoms with Crippen LogP contribution in [0.4, 0.5) is 11.4 Å². The van der Waals surface area contributed by atoms with Crippen LogP contribution in [0, 0.1) is 10.1 Å². The number of benzene rings is 3. The van der Waals surface area contributed by atoms with Crippen LogP contribution in [-0.4, -0.2) is 24.0 Å². The average molecular weight is 445 g/mol. The first-order chi connectivity index (χ1) is 13.4. The van der Waals surface area contributed by atoms with E-state index in [0.29, 0.717) is 11.4 Å². The molecule has 3 aromatic rings. The van der Waals surface area contributed by atoms with Crippen LogP contribution < -0.4 is 14.8 Å². The van der Waals surface area contributed by atoms with E-state index < -0.39 is 16.9 Å². The minimum atomic E-state index is -0.784. The lowest BCUT2D eigenvalue weighted by atomic mass is 10.1. The van der Waals surface area contributed by atoms with Gasteiger partial charge in [-0.2, -0.15) is 0 Å². The number of methoxy groups -OCH3 is 1. The third-order valence-electron chi connectivity index (χ3n) is 4.11. The Hall–Kier alpha value is -3.13. The molecule has 0 bridgehead atoms. The zero-order valence-corrected chi connectivity index (χ0v) is 16.7. The Bertz CT molecular complexity index is 1050. The molecular weight excluding hydrogens is 428 g/mol. The Balaban J connectivity index is 1.73. The molecule has 0 aromatic heterocycles. The zero-order chi connectivity index (χ0) is 20.3. The Morgan fingerprint density at radius 3 is 2.54 bits per heavy atom. The van der Waals surface area contributed by atoms with Crippen LogP contribution in [0.25, 0.3) is 10.8 Å². The molecule has 0 saturated carbocycles. The number of carbonyl (C=O) groups is 1. The number of amides is 1. The molecule has 0 aliphatic carbocycles. The van der Waals surface area contributed by atoms with Gasteiger partial charge in [0, 0.05) is 10.5 Å². The molecule has 0 spiro atoms. The summed E-state index contributed by atoms with van der Waals surface area (Å²) in [6.07, 6.45) is -0.784. The van der Waals surface area contributed by atoms with Crippen LogP contribution in [0.15, 0.2) is 59.1 Å². The molecule has 8 heteroatoms. The number of nitrogens with one attached hydrogen (secondary N) is 1. The van der Waals surface area contributed by atoms with Gasteiger partial charge in [0.1, 0.15) is 11.5 Å². The van der Waals surface area contributed by atoms with Gasteiger partial charge in [-0.05, 0) is 48.0 Å². The highest BCUT2D eigenvalue weighted by atomic mass is 79.9. The molecule has 0 radical (unpaired) electrons. The van der Waals surface area contributed by atoms with E-state index in [-0.39, 0.29) is 11.4 Å². The molecule has 1 unspecified atom stereocenters. The molecule has 1 amide bonds. The van der Waals surface area contributed by atoms with E-state index in [9.17, 15) is 14.9 Å². The van der Waals surface area contributed by atoms with Crippen molar-refractivity contribution >= 4 is 44.0 Å². The van der Waals surface area contributed by atoms with Crippen LogP contribution in [0.3, 0.4) is 0 Å². The number of hydrogen-bond donors (Lipinski definition) is 1. The van der Waals surface area contributed by atoms with E-state index in [0.717, 1.165) is 15.2 Å². The van der Waals surface area contributed by atoms with Gasteiger partial charge in [0.15, 0.2) is 6.10 Å². The summed E-state index contributed by atoms with van der Waals surface area (Å²) in [7, 11) is 1.38. The fourth-order valence-electron chi connectivity index (χ4n) is 2.66. The summed E-state index contributed by atoms with van der Waals surface area (Å²) in [5.41, 5.74) is 0.207. The summed E-state index contributed by atoms with van der Waals surface area (Å²) in [5, 5.41) is 15.6. The summed E-state index contributed by atoms with van der Waals surface area (Å²) >= 11 is 3.43. The second-order valence-corrected chi connectivity index (χ2v) is 6.96. The molecule has 1 N–H and O–H groups in total. The highest BCUT2D eigenvalue weighted by Crippen LogP contribution is 2.29. The van der Waals surface area contributed by atoms with Crippen molar-refractivity contribution in [2.75, 3.05) is 12.4 Å². The van der Waals surface area contributed by atoms with Crippen molar-refractivity contribution < 1.29 is 19.2 Å². The van der Waals surface area contributed by atoms with E-state index in [2.05, 4.69) is 21.2 Å². The van der Waals surface area contributed by atoms with Gasteiger partial charge in [0.05, 0.1) is 23.8 Å². The lowest BCUT2D eigenvalue weighted by Gasteiger charge is -2.16. The lowest BCUT2D eigenvalue weighted by molar-refractivity contribution is -0.384. The first-order valence-electron chi connectivity index (χ1n) is 8.36. The summed E-state index contributed by atoms with van der Waals surface area (Å²) in [6.45, 7) is 1.62. The van der Waals surface area contributed by atoms with E-state index in [1.165, 1.54) is 25.3 Å². The van der Waals surface area contributed by atoms with Gasteiger partial charge >= 0.3 is 0 Å². The molecule has 0 saturated heterocycles. The van der Waals surface area contributed by atoms with Crippen LogP contribution in [0.2, 0.25) is 0 Å². The molecule has 7 nitrogen and oxygen atoms in total. The summed E-state index contributed by atoms with van der Waals surface area (Å²) < 4.78 is 11.9. The summed E-state index contributed by atoms with van der Waals surface area (Å²) in [4.78, 5) is 22.8. The van der Waals surface area contributed by atoms with Gasteiger partial charge in [0.25, 0.3) is 11.6 Å². The van der Waals surface area contributed by atoms with Crippen molar-refractivity contribution in [3.63, 3.8) is 0 Å². The fourth-order valence-corrected chi connectivity index (χ4v) is 3.04. The number of nitro groups is 1. The zero-order valence-electron chi connectivity index (χ0n) is 15.1. The molecular formula is C20H17BrN2O5. The molecule has 3 rings (SSSR count). The molecule has 3 aromatic carbocycles. The summed E-state index contributed by atoms with van der Waals surface area (Å²) in [6, 6.07) is 15.4. The van der Waals surface area contributed by atoms with Crippen molar-refractivity contribution in [1.29, 1.82) is 0 Å². The maximum absolute atomic E-state index is 12.5. The van der Waals surface area contributed by atoms with Crippen molar-refractivity contribution in [2.24, 2.45) is 0 Å². The van der Waals surface area contributed by atoms with Gasteiger partial charge in [-0.1, -0.05) is 28.1 Å². The Kier molecular flexibility index (Phi) is 5.79. The standard InChI is InChI=1S/C20H17BrN2O5/c1-12(28-17-7-4-13-9-15(21)5-3-14(13)10-17)20(24)22-18-8-6-16(23(25)26)11-19(18)27-2/h3-12H,1-2H3,(H,22,24). The normalized spacial score (nSPS) is 11.7. The van der Waals surface area contributed by atoms with Crippen molar-refractivity contribution in [3.8, 4) is 11.5 Å². The first-order valence-corrected chi connectivity index (χ1v) is 9.16. The van der Waals surface area contributed by atoms with Gasteiger partial charge in [-0.25, -0.2) is 0 Å². The minimum absolute atomic E-state index is 0.123. The van der Waals surface area contributed by atoms with Crippen LogP contribution in [0.5, 0.6) is 11.5 Å². The van der Waals surface area contributed by atoms with E-state index in [4.69, 9.17) is 9.47 Å². The van der Waals surface area contributed by atoms with Crippen LogP contribution >= 0.6 is 15.9 Å². The smallest absolute Gasteiger partial charge is 0.273 e. The number of hydrogen-bond acceptors (Lipinski definition) is 5. The number of fused-ring (bicyclic) bond motifs is 1. The number of nitrogens with zero attached hydrogens (tertiary/aromatic N) is 1. The molecule has 1 atom stereocenters. The van der Waals surface area contributed by atoms with E-state index in [1.54, 1.807) is 13.0 Å². The highest BCUT2D eigenvalue weighted by Gasteiger charge is 2.18. The van der Waals surface area contributed by atoms with Gasteiger partial charge in [-0.3, -0.25) is 14.9 Å². The maximum atomic E-state index is 12.5. The van der Waals surface area contributed by atoms with Crippen molar-refractivity contribution in [3.05, 3.63) is 69.2 Å². The Labute approximate surface area is 169 Å². The van der Waals surface area contributed by atoms with Crippen molar-refractivity contribution in [2.45, 2.75) is 13.0 Å². The molecule has 144 valence electrons. The van der Waals surface area contributed by atoms with Gasteiger partial charge in [0.2, 0.25) is 0 Å². The number of carbonyl (C=O) groups excluding carboxylic acids is 1. The van der Waals surface area contributed by atoms with Crippen LogP contribution in [-0.2, 0) is 4.79 Å². The monoisotopic (exact) mass is 444 g/mol. The highest BCUT2D eigenvalue weighted by molar-refractivity contribution is 9.10. The predicted octanol–water partition coefficient (Wildman–Crippen LogP) is 4.93. The van der Waals surface area contributed by atoms with Crippen LogP contribution in [0.1, 0.15) is 6.92 Å². The fraction of sp³-hybridized carbons (Fsp3) is 0.150. The number of ether oxygens (including phenoxy) is 2. The topological polar surface area (TPSA) is 90.7 Å². The Morgan fingerprint density at radius 2 is 1.82 bits per heavy atom. The van der Waals surface area contributed by atoms with E-state index >= 15 is 0 Å². The van der Waals surface area contributed by atoms with Gasteiger partial charge in [-0.15, -0.1) is 0 Å². The second-order valence-electron chi connectivity index (χ2n) is 6.04. The van der Waals surface area contributed by atoms with Crippen molar-refractivity contribution in [1.82, 2.24) is 0 Å². The predicted molar refractivity (Wildman–Crippen MR) is 110 cm³/mol. The third-order valence-corrected chi connectivity index (χ3v) is 4.60.